The molecule has 3 nitrogen and oxygen atoms in total. The van der Waals surface area contributed by atoms with Crippen LogP contribution in [-0.2, 0) is 12.8 Å². The predicted octanol–water partition coefficient (Wildman–Crippen LogP) is 4.21. The molecule has 0 bridgehead atoms. The normalized spacial score (nSPS) is 18.1. The number of aromatic nitrogens is 1. The second kappa shape index (κ2) is 6.00. The zero-order chi connectivity index (χ0) is 15.8. The van der Waals surface area contributed by atoms with Crippen LogP contribution in [-0.4, -0.2) is 28.5 Å². The number of thiophene rings is 1. The first-order valence-corrected chi connectivity index (χ1v) is 9.29. The summed E-state index contributed by atoms with van der Waals surface area (Å²) < 4.78 is 2.11. The van der Waals surface area contributed by atoms with E-state index in [1.54, 1.807) is 0 Å². The molecule has 1 aliphatic heterocycles. The molecule has 0 atom stereocenters. The number of nitrogens with zero attached hydrogens (tertiary/aromatic N) is 2. The summed E-state index contributed by atoms with van der Waals surface area (Å²) in [6.45, 7) is 5.68. The highest BCUT2D eigenvalue weighted by Gasteiger charge is 2.29. The van der Waals surface area contributed by atoms with Gasteiger partial charge in [-0.2, -0.15) is 0 Å². The summed E-state index contributed by atoms with van der Waals surface area (Å²) in [6, 6.07) is 4.05. The summed E-state index contributed by atoms with van der Waals surface area (Å²) in [5.41, 5.74) is 3.56. The lowest BCUT2D eigenvalue weighted by Crippen LogP contribution is -2.37. The van der Waals surface area contributed by atoms with Gasteiger partial charge in [0.25, 0.3) is 5.91 Å². The minimum atomic E-state index is 0.223. The second-order valence-corrected chi connectivity index (χ2v) is 7.61. The molecule has 0 spiro atoms. The molecular formula is C19H22N2OS. The molecule has 2 aliphatic rings. The molecule has 23 heavy (non-hydrogen) atoms. The van der Waals surface area contributed by atoms with E-state index in [-0.39, 0.29) is 5.91 Å². The zero-order valence-corrected chi connectivity index (χ0v) is 14.2. The SMILES string of the molecule is C=C1CCN(C(=O)c2c(-n3cccc3)sc3c2CCCC3)CC1. The molecule has 4 rings (SSSR count). The second-order valence-electron chi connectivity index (χ2n) is 6.52. The van der Waals surface area contributed by atoms with Gasteiger partial charge in [-0.1, -0.05) is 12.2 Å². The van der Waals surface area contributed by atoms with Crippen LogP contribution >= 0.6 is 11.3 Å². The summed E-state index contributed by atoms with van der Waals surface area (Å²) in [5, 5.41) is 1.11. The van der Waals surface area contributed by atoms with Crippen LogP contribution in [0.2, 0.25) is 0 Å². The Labute approximate surface area is 141 Å². The third-order valence-electron chi connectivity index (χ3n) is 4.96. The Balaban J connectivity index is 1.75. The molecule has 1 amide bonds. The van der Waals surface area contributed by atoms with Gasteiger partial charge in [0.1, 0.15) is 5.00 Å². The number of likely N-dealkylation sites (tertiary alicyclic amines) is 1. The summed E-state index contributed by atoms with van der Waals surface area (Å²) in [4.78, 5) is 16.7. The number of carbonyl (C=O) groups is 1. The predicted molar refractivity (Wildman–Crippen MR) is 94.6 cm³/mol. The van der Waals surface area contributed by atoms with E-state index in [0.29, 0.717) is 0 Å². The van der Waals surface area contributed by atoms with Crippen molar-refractivity contribution in [2.45, 2.75) is 38.5 Å². The third-order valence-corrected chi connectivity index (χ3v) is 6.27. The van der Waals surface area contributed by atoms with Crippen LogP contribution in [0.5, 0.6) is 0 Å². The fourth-order valence-corrected chi connectivity index (χ4v) is 4.95. The summed E-state index contributed by atoms with van der Waals surface area (Å²) in [5.74, 6) is 0.223. The Kier molecular flexibility index (Phi) is 3.85. The molecular weight excluding hydrogens is 304 g/mol. The minimum Gasteiger partial charge on any atom is -0.338 e. The average molecular weight is 326 g/mol. The first-order chi connectivity index (χ1) is 11.2. The monoisotopic (exact) mass is 326 g/mol. The minimum absolute atomic E-state index is 0.223. The summed E-state index contributed by atoms with van der Waals surface area (Å²) in [7, 11) is 0. The van der Waals surface area contributed by atoms with E-state index in [0.717, 1.165) is 49.3 Å². The molecule has 0 N–H and O–H groups in total. The lowest BCUT2D eigenvalue weighted by Gasteiger charge is -2.29. The van der Waals surface area contributed by atoms with Crippen LogP contribution in [0.1, 0.15) is 46.5 Å². The van der Waals surface area contributed by atoms with Crippen LogP contribution in [0.3, 0.4) is 0 Å². The molecule has 1 aliphatic carbocycles. The van der Waals surface area contributed by atoms with E-state index in [9.17, 15) is 4.79 Å². The Morgan fingerprint density at radius 2 is 1.74 bits per heavy atom. The summed E-state index contributed by atoms with van der Waals surface area (Å²) in [6.07, 6.45) is 10.6. The Hall–Kier alpha value is -1.81. The van der Waals surface area contributed by atoms with Gasteiger partial charge in [0.05, 0.1) is 5.56 Å². The van der Waals surface area contributed by atoms with Crippen LogP contribution < -0.4 is 0 Å². The van der Waals surface area contributed by atoms with Gasteiger partial charge in [0.2, 0.25) is 0 Å². The molecule has 3 heterocycles. The largest absolute Gasteiger partial charge is 0.338 e. The molecule has 0 saturated carbocycles. The third kappa shape index (κ3) is 2.65. The topological polar surface area (TPSA) is 25.2 Å². The maximum Gasteiger partial charge on any atom is 0.257 e. The number of piperidine rings is 1. The molecule has 1 fully saturated rings. The molecule has 0 aromatic carbocycles. The fraction of sp³-hybridized carbons (Fsp3) is 0.421. The molecule has 2 aromatic heterocycles. The van der Waals surface area contributed by atoms with Crippen molar-refractivity contribution >= 4 is 17.2 Å². The first kappa shape index (κ1) is 14.8. The van der Waals surface area contributed by atoms with Crippen LogP contribution in [0.15, 0.2) is 36.7 Å². The van der Waals surface area contributed by atoms with Gasteiger partial charge in [-0.15, -0.1) is 11.3 Å². The van der Waals surface area contributed by atoms with E-state index in [1.165, 1.54) is 28.9 Å². The van der Waals surface area contributed by atoms with E-state index in [4.69, 9.17) is 0 Å². The smallest absolute Gasteiger partial charge is 0.257 e. The maximum absolute atomic E-state index is 13.2. The number of rotatable bonds is 2. The van der Waals surface area contributed by atoms with Gasteiger partial charge in [0.15, 0.2) is 0 Å². The van der Waals surface area contributed by atoms with Crippen molar-refractivity contribution < 1.29 is 4.79 Å². The van der Waals surface area contributed by atoms with Crippen molar-refractivity contribution in [2.75, 3.05) is 13.1 Å². The van der Waals surface area contributed by atoms with Gasteiger partial charge in [-0.3, -0.25) is 4.79 Å². The Morgan fingerprint density at radius 1 is 1.04 bits per heavy atom. The highest BCUT2D eigenvalue weighted by atomic mass is 32.1. The lowest BCUT2D eigenvalue weighted by atomic mass is 9.94. The van der Waals surface area contributed by atoms with Crippen molar-refractivity contribution in [3.8, 4) is 5.00 Å². The highest BCUT2D eigenvalue weighted by Crippen LogP contribution is 2.38. The molecule has 120 valence electrons. The highest BCUT2D eigenvalue weighted by molar-refractivity contribution is 7.15. The molecule has 1 saturated heterocycles. The van der Waals surface area contributed by atoms with Crippen molar-refractivity contribution in [2.24, 2.45) is 0 Å². The van der Waals surface area contributed by atoms with Gasteiger partial charge in [-0.05, 0) is 56.2 Å². The van der Waals surface area contributed by atoms with Crippen molar-refractivity contribution in [1.29, 1.82) is 0 Å². The number of amides is 1. The maximum atomic E-state index is 13.2. The number of aryl methyl sites for hydroxylation is 1. The number of hydrogen-bond donors (Lipinski definition) is 0. The molecule has 0 radical (unpaired) electrons. The van der Waals surface area contributed by atoms with Crippen molar-refractivity contribution in [3.63, 3.8) is 0 Å². The Morgan fingerprint density at radius 3 is 2.48 bits per heavy atom. The van der Waals surface area contributed by atoms with E-state index >= 15 is 0 Å². The van der Waals surface area contributed by atoms with E-state index in [2.05, 4.69) is 11.1 Å². The van der Waals surface area contributed by atoms with E-state index < -0.39 is 0 Å². The molecule has 2 aromatic rings. The van der Waals surface area contributed by atoms with Crippen molar-refractivity contribution in [1.82, 2.24) is 9.47 Å². The lowest BCUT2D eigenvalue weighted by molar-refractivity contribution is 0.0743. The van der Waals surface area contributed by atoms with Gasteiger partial charge >= 0.3 is 0 Å². The van der Waals surface area contributed by atoms with Gasteiger partial charge in [0, 0.05) is 30.4 Å². The fourth-order valence-electron chi connectivity index (χ4n) is 3.61. The van der Waals surface area contributed by atoms with Crippen LogP contribution in [0.25, 0.3) is 5.00 Å². The standard InChI is InChI=1S/C19H22N2OS/c1-14-8-12-20(13-9-14)18(22)17-15-6-2-3-7-16(15)23-19(17)21-10-4-5-11-21/h4-5,10-11H,1-3,6-9,12-13H2. The quantitative estimate of drug-likeness (QED) is 0.759. The number of hydrogen-bond acceptors (Lipinski definition) is 2. The van der Waals surface area contributed by atoms with Crippen LogP contribution in [0, 0.1) is 0 Å². The molecule has 0 unspecified atom stereocenters. The van der Waals surface area contributed by atoms with Gasteiger partial charge < -0.3 is 9.47 Å². The molecule has 4 heteroatoms. The van der Waals surface area contributed by atoms with Crippen LogP contribution in [0.4, 0.5) is 0 Å². The first-order valence-electron chi connectivity index (χ1n) is 8.48. The van der Waals surface area contributed by atoms with E-state index in [1.807, 2.05) is 40.8 Å². The van der Waals surface area contributed by atoms with Gasteiger partial charge in [-0.25, -0.2) is 0 Å². The average Bonchev–Trinajstić information content (AvgIpc) is 3.22. The Bertz CT molecular complexity index is 732. The zero-order valence-electron chi connectivity index (χ0n) is 13.4. The van der Waals surface area contributed by atoms with Crippen molar-refractivity contribution in [3.05, 3.63) is 52.7 Å². The number of fused-ring (bicyclic) bond motifs is 1. The summed E-state index contributed by atoms with van der Waals surface area (Å²) >= 11 is 1.81. The number of carbonyl (C=O) groups excluding carboxylic acids is 1.